The first-order valence-electron chi connectivity index (χ1n) is 7.63. The van der Waals surface area contributed by atoms with E-state index >= 15 is 0 Å². The van der Waals surface area contributed by atoms with Gasteiger partial charge in [-0.3, -0.25) is 4.79 Å². The van der Waals surface area contributed by atoms with Crippen LogP contribution in [0.15, 0.2) is 29.8 Å². The number of nitrogens with one attached hydrogen (secondary N) is 1. The number of amides is 1. The summed E-state index contributed by atoms with van der Waals surface area (Å²) in [5.41, 5.74) is 1.45. The Morgan fingerprint density at radius 1 is 1.27 bits per heavy atom. The summed E-state index contributed by atoms with van der Waals surface area (Å²) in [4.78, 5) is 12.0. The molecule has 1 amide bonds. The molecule has 0 bridgehead atoms. The van der Waals surface area contributed by atoms with Crippen molar-refractivity contribution in [2.24, 2.45) is 0 Å². The largest absolute Gasteiger partial charge is 0.481 e. The third kappa shape index (κ3) is 5.54. The zero-order chi connectivity index (χ0) is 15.9. The fourth-order valence-electron chi connectivity index (χ4n) is 2.48. The first-order valence-corrected chi connectivity index (χ1v) is 8.38. The molecule has 5 heteroatoms. The van der Waals surface area contributed by atoms with Gasteiger partial charge in [-0.25, -0.2) is 0 Å². The van der Waals surface area contributed by atoms with E-state index in [1.807, 2.05) is 0 Å². The van der Waals surface area contributed by atoms with E-state index in [0.717, 1.165) is 19.3 Å². The van der Waals surface area contributed by atoms with E-state index in [2.05, 4.69) is 11.4 Å². The number of rotatable bonds is 6. The molecule has 1 aromatic rings. The molecule has 1 aliphatic rings. The predicted molar refractivity (Wildman–Crippen MR) is 90.7 cm³/mol. The van der Waals surface area contributed by atoms with E-state index in [9.17, 15) is 4.79 Å². The third-order valence-electron chi connectivity index (χ3n) is 3.65. The lowest BCUT2D eigenvalue weighted by atomic mass is 9.97. The smallest absolute Gasteiger partial charge is 0.260 e. The second-order valence-corrected chi connectivity index (χ2v) is 6.39. The molecule has 3 nitrogen and oxygen atoms in total. The summed E-state index contributed by atoms with van der Waals surface area (Å²) in [5, 5.41) is 3.88. The molecule has 0 fully saturated rings. The summed E-state index contributed by atoms with van der Waals surface area (Å²) in [6.07, 6.45) is 7.49. The molecule has 1 aliphatic carbocycles. The Morgan fingerprint density at radius 3 is 2.64 bits per heavy atom. The molecule has 120 valence electrons. The molecule has 1 N–H and O–H groups in total. The summed E-state index contributed by atoms with van der Waals surface area (Å²) in [7, 11) is 0. The molecule has 0 heterocycles. The van der Waals surface area contributed by atoms with Crippen molar-refractivity contribution in [3.05, 3.63) is 39.9 Å². The van der Waals surface area contributed by atoms with E-state index < -0.39 is 6.10 Å². The van der Waals surface area contributed by atoms with E-state index in [-0.39, 0.29) is 5.91 Å². The van der Waals surface area contributed by atoms with Crippen molar-refractivity contribution in [1.29, 1.82) is 0 Å². The van der Waals surface area contributed by atoms with Crippen molar-refractivity contribution in [3.8, 4) is 5.75 Å². The van der Waals surface area contributed by atoms with Crippen LogP contribution in [0.1, 0.15) is 39.0 Å². The first kappa shape index (κ1) is 17.2. The van der Waals surface area contributed by atoms with Crippen molar-refractivity contribution >= 4 is 29.1 Å². The summed E-state index contributed by atoms with van der Waals surface area (Å²) >= 11 is 11.8. The van der Waals surface area contributed by atoms with Crippen molar-refractivity contribution in [2.75, 3.05) is 6.54 Å². The molecule has 1 atom stereocenters. The van der Waals surface area contributed by atoms with Gasteiger partial charge in [-0.15, -0.1) is 0 Å². The molecule has 0 aromatic heterocycles. The number of hydrogen-bond donors (Lipinski definition) is 1. The van der Waals surface area contributed by atoms with E-state index in [1.54, 1.807) is 25.1 Å². The Balaban J connectivity index is 1.77. The fraction of sp³-hybridized carbons (Fsp3) is 0.471. The second-order valence-electron chi connectivity index (χ2n) is 5.51. The minimum atomic E-state index is -0.588. The molecule has 0 spiro atoms. The highest BCUT2D eigenvalue weighted by Gasteiger charge is 2.15. The van der Waals surface area contributed by atoms with Gasteiger partial charge in [0.05, 0.1) is 0 Å². The number of allylic oxidation sites excluding steroid dienone is 1. The van der Waals surface area contributed by atoms with Gasteiger partial charge in [0.15, 0.2) is 6.10 Å². The zero-order valence-corrected chi connectivity index (χ0v) is 14.2. The maximum atomic E-state index is 12.0. The van der Waals surface area contributed by atoms with Crippen molar-refractivity contribution in [3.63, 3.8) is 0 Å². The lowest BCUT2D eigenvalue weighted by molar-refractivity contribution is -0.127. The molecule has 0 saturated carbocycles. The van der Waals surface area contributed by atoms with E-state index in [4.69, 9.17) is 27.9 Å². The standard InChI is InChI=1S/C17H21Cl2NO2/c1-12(22-16-10-14(18)9-15(19)11-16)17(21)20-8-7-13-5-3-2-4-6-13/h5,9-12H,2-4,6-8H2,1H3,(H,20,21)/t12-/m0/s1. The van der Waals surface area contributed by atoms with Crippen LogP contribution in [0.25, 0.3) is 0 Å². The number of carbonyl (C=O) groups is 1. The summed E-state index contributed by atoms with van der Waals surface area (Å²) < 4.78 is 5.58. The van der Waals surface area contributed by atoms with Crippen molar-refractivity contribution in [2.45, 2.75) is 45.1 Å². The van der Waals surface area contributed by atoms with Gasteiger partial charge in [0.1, 0.15) is 5.75 Å². The topological polar surface area (TPSA) is 38.3 Å². The average molecular weight is 342 g/mol. The maximum absolute atomic E-state index is 12.0. The molecule has 22 heavy (non-hydrogen) atoms. The lowest BCUT2D eigenvalue weighted by Gasteiger charge is -2.16. The van der Waals surface area contributed by atoms with Gasteiger partial charge in [-0.1, -0.05) is 34.9 Å². The molecular formula is C17H21Cl2NO2. The third-order valence-corrected chi connectivity index (χ3v) is 4.08. The Kier molecular flexibility index (Phi) is 6.59. The number of carbonyl (C=O) groups excluding carboxylic acids is 1. The van der Waals surface area contributed by atoms with Crippen LogP contribution in [0.2, 0.25) is 10.0 Å². The number of hydrogen-bond acceptors (Lipinski definition) is 2. The molecule has 2 rings (SSSR count). The first-order chi connectivity index (χ1) is 10.5. The Labute approximate surface area is 141 Å². The highest BCUT2D eigenvalue weighted by Crippen LogP contribution is 2.25. The SMILES string of the molecule is C[C@H](Oc1cc(Cl)cc(Cl)c1)C(=O)NCCC1=CCCCC1. The predicted octanol–water partition coefficient (Wildman–Crippen LogP) is 4.77. The van der Waals surface area contributed by atoms with Crippen LogP contribution in [0, 0.1) is 0 Å². The molecule has 1 aromatic carbocycles. The van der Waals surface area contributed by atoms with Gasteiger partial charge in [0.25, 0.3) is 5.91 Å². The van der Waals surface area contributed by atoms with Crippen LogP contribution in [0.4, 0.5) is 0 Å². The maximum Gasteiger partial charge on any atom is 0.260 e. The molecule has 0 unspecified atom stereocenters. The molecule has 0 radical (unpaired) electrons. The zero-order valence-electron chi connectivity index (χ0n) is 12.7. The van der Waals surface area contributed by atoms with Gasteiger partial charge in [-0.05, 0) is 57.2 Å². The van der Waals surface area contributed by atoms with E-state index in [1.165, 1.54) is 18.4 Å². The van der Waals surface area contributed by atoms with Crippen LogP contribution >= 0.6 is 23.2 Å². The van der Waals surface area contributed by atoms with Crippen LogP contribution in [-0.2, 0) is 4.79 Å². The van der Waals surface area contributed by atoms with Gasteiger partial charge >= 0.3 is 0 Å². The van der Waals surface area contributed by atoms with E-state index in [0.29, 0.717) is 22.3 Å². The van der Waals surface area contributed by atoms with Gasteiger partial charge in [-0.2, -0.15) is 0 Å². The Bertz CT molecular complexity index is 537. The monoisotopic (exact) mass is 341 g/mol. The number of ether oxygens (including phenoxy) is 1. The fourth-order valence-corrected chi connectivity index (χ4v) is 2.98. The summed E-state index contributed by atoms with van der Waals surface area (Å²) in [6.45, 7) is 2.36. The minimum absolute atomic E-state index is 0.132. The van der Waals surface area contributed by atoms with Gasteiger partial charge in [0.2, 0.25) is 0 Å². The highest BCUT2D eigenvalue weighted by atomic mass is 35.5. The van der Waals surface area contributed by atoms with Gasteiger partial charge < -0.3 is 10.1 Å². The minimum Gasteiger partial charge on any atom is -0.481 e. The molecule has 0 saturated heterocycles. The lowest BCUT2D eigenvalue weighted by Crippen LogP contribution is -2.37. The number of halogens is 2. The van der Waals surface area contributed by atoms with Crippen molar-refractivity contribution in [1.82, 2.24) is 5.32 Å². The van der Waals surface area contributed by atoms with Crippen LogP contribution in [0.3, 0.4) is 0 Å². The van der Waals surface area contributed by atoms with Crippen LogP contribution in [-0.4, -0.2) is 18.6 Å². The average Bonchev–Trinajstić information content (AvgIpc) is 2.47. The summed E-state index contributed by atoms with van der Waals surface area (Å²) in [5.74, 6) is 0.364. The van der Waals surface area contributed by atoms with Crippen LogP contribution in [0.5, 0.6) is 5.75 Å². The Morgan fingerprint density at radius 2 is 2.00 bits per heavy atom. The highest BCUT2D eigenvalue weighted by molar-refractivity contribution is 6.34. The number of benzene rings is 1. The summed E-state index contributed by atoms with van der Waals surface area (Å²) in [6, 6.07) is 4.91. The second kappa shape index (κ2) is 8.44. The van der Waals surface area contributed by atoms with Gasteiger partial charge in [0, 0.05) is 16.6 Å². The van der Waals surface area contributed by atoms with Crippen molar-refractivity contribution < 1.29 is 9.53 Å². The quantitative estimate of drug-likeness (QED) is 0.757. The molecule has 0 aliphatic heterocycles. The Hall–Kier alpha value is -1.19. The normalized spacial score (nSPS) is 15.9. The van der Waals surface area contributed by atoms with Crippen LogP contribution < -0.4 is 10.1 Å². The molecular weight excluding hydrogens is 321 g/mol.